The normalized spacial score (nSPS) is 22.3. The van der Waals surface area contributed by atoms with Gasteiger partial charge in [0.2, 0.25) is 0 Å². The predicted molar refractivity (Wildman–Crippen MR) is 89.5 cm³/mol. The zero-order valence-corrected chi connectivity index (χ0v) is 13.4. The summed E-state index contributed by atoms with van der Waals surface area (Å²) in [7, 11) is 0. The van der Waals surface area contributed by atoms with E-state index >= 15 is 0 Å². The van der Waals surface area contributed by atoms with E-state index in [4.69, 9.17) is 0 Å². The summed E-state index contributed by atoms with van der Waals surface area (Å²) < 4.78 is 0. The maximum absolute atomic E-state index is 3.81. The van der Waals surface area contributed by atoms with Gasteiger partial charge in [0.15, 0.2) is 0 Å². The average molecular weight is 286 g/mol. The Morgan fingerprint density at radius 3 is 2.48 bits per heavy atom. The lowest BCUT2D eigenvalue weighted by molar-refractivity contribution is 0.196. The van der Waals surface area contributed by atoms with Gasteiger partial charge < -0.3 is 10.2 Å². The van der Waals surface area contributed by atoms with Gasteiger partial charge in [-0.2, -0.15) is 0 Å². The van der Waals surface area contributed by atoms with E-state index < -0.39 is 0 Å². The van der Waals surface area contributed by atoms with Gasteiger partial charge >= 0.3 is 0 Å². The molecule has 1 aliphatic heterocycles. The molecule has 0 radical (unpaired) electrons. The summed E-state index contributed by atoms with van der Waals surface area (Å²) in [5.74, 6) is 1.92. The molecule has 1 aromatic rings. The van der Waals surface area contributed by atoms with Crippen molar-refractivity contribution in [3.63, 3.8) is 0 Å². The van der Waals surface area contributed by atoms with Crippen LogP contribution in [0.4, 0.5) is 0 Å². The van der Waals surface area contributed by atoms with E-state index in [1.165, 1.54) is 63.8 Å². The van der Waals surface area contributed by atoms with Gasteiger partial charge in [-0.1, -0.05) is 37.3 Å². The van der Waals surface area contributed by atoms with Crippen LogP contribution in [-0.2, 0) is 6.42 Å². The molecule has 0 bridgehead atoms. The molecule has 2 aliphatic rings. The van der Waals surface area contributed by atoms with Crippen LogP contribution in [0, 0.1) is 11.8 Å². The number of nitrogens with zero attached hydrogens (tertiary/aromatic N) is 1. The van der Waals surface area contributed by atoms with Gasteiger partial charge in [0.05, 0.1) is 0 Å². The molecule has 2 fully saturated rings. The molecule has 1 aliphatic carbocycles. The van der Waals surface area contributed by atoms with Crippen molar-refractivity contribution in [2.45, 2.75) is 45.1 Å². The van der Waals surface area contributed by atoms with Crippen LogP contribution in [0.5, 0.6) is 0 Å². The van der Waals surface area contributed by atoms with Gasteiger partial charge in [-0.3, -0.25) is 0 Å². The molecule has 1 heterocycles. The van der Waals surface area contributed by atoms with Crippen LogP contribution >= 0.6 is 0 Å². The number of piperidine rings is 1. The van der Waals surface area contributed by atoms with E-state index in [9.17, 15) is 0 Å². The summed E-state index contributed by atoms with van der Waals surface area (Å²) in [6.45, 7) is 7.40. The maximum atomic E-state index is 3.81. The molecule has 1 saturated heterocycles. The lowest BCUT2D eigenvalue weighted by atomic mass is 10.0. The Labute approximate surface area is 129 Å². The fourth-order valence-corrected chi connectivity index (χ4v) is 3.48. The Morgan fingerprint density at radius 2 is 1.81 bits per heavy atom. The molecule has 2 nitrogen and oxygen atoms in total. The van der Waals surface area contributed by atoms with Gasteiger partial charge in [-0.15, -0.1) is 0 Å². The second kappa shape index (κ2) is 7.42. The van der Waals surface area contributed by atoms with E-state index in [0.29, 0.717) is 0 Å². The second-order valence-electron chi connectivity index (χ2n) is 7.07. The summed E-state index contributed by atoms with van der Waals surface area (Å²) in [5, 5.41) is 3.81. The number of hydrogen-bond donors (Lipinski definition) is 1. The van der Waals surface area contributed by atoms with Gasteiger partial charge in [-0.25, -0.2) is 0 Å². The highest BCUT2D eigenvalue weighted by molar-refractivity contribution is 5.14. The standard InChI is InChI=1S/C19H30N2/c1-16(18-7-8-18)15-20-19-10-13-21(14-11-19)12-9-17-5-3-2-4-6-17/h2-6,16,18-20H,7-15H2,1H3. The fraction of sp³-hybridized carbons (Fsp3) is 0.684. The first kappa shape index (κ1) is 15.1. The molecule has 3 rings (SSSR count). The average Bonchev–Trinajstić information content (AvgIpc) is 3.37. The van der Waals surface area contributed by atoms with Gasteiger partial charge in [0.1, 0.15) is 0 Å². The maximum Gasteiger partial charge on any atom is 0.00915 e. The monoisotopic (exact) mass is 286 g/mol. The first-order valence-corrected chi connectivity index (χ1v) is 8.81. The minimum atomic E-state index is 0.763. The van der Waals surface area contributed by atoms with Crippen molar-refractivity contribution in [2.24, 2.45) is 11.8 Å². The molecule has 1 unspecified atom stereocenters. The third-order valence-electron chi connectivity index (χ3n) is 5.30. The van der Waals surface area contributed by atoms with E-state index in [0.717, 1.165) is 17.9 Å². The molecule has 0 spiro atoms. The van der Waals surface area contributed by atoms with Crippen molar-refractivity contribution in [1.29, 1.82) is 0 Å². The number of benzene rings is 1. The van der Waals surface area contributed by atoms with Gasteiger partial charge in [-0.05, 0) is 69.1 Å². The van der Waals surface area contributed by atoms with E-state index in [-0.39, 0.29) is 0 Å². The van der Waals surface area contributed by atoms with E-state index in [1.54, 1.807) is 0 Å². The molecular formula is C19H30N2. The Bertz CT molecular complexity index is 405. The zero-order chi connectivity index (χ0) is 14.5. The molecule has 1 saturated carbocycles. The zero-order valence-electron chi connectivity index (χ0n) is 13.4. The number of rotatable bonds is 7. The lowest BCUT2D eigenvalue weighted by Crippen LogP contribution is -2.44. The van der Waals surface area contributed by atoms with Crippen LogP contribution in [-0.4, -0.2) is 37.1 Å². The van der Waals surface area contributed by atoms with E-state index in [1.807, 2.05) is 0 Å². The first-order chi connectivity index (χ1) is 10.3. The lowest BCUT2D eigenvalue weighted by Gasteiger charge is -2.33. The van der Waals surface area contributed by atoms with Crippen LogP contribution in [0.3, 0.4) is 0 Å². The fourth-order valence-electron chi connectivity index (χ4n) is 3.48. The van der Waals surface area contributed by atoms with Crippen molar-refractivity contribution in [3.05, 3.63) is 35.9 Å². The largest absolute Gasteiger partial charge is 0.314 e. The Hall–Kier alpha value is -0.860. The number of likely N-dealkylation sites (tertiary alicyclic amines) is 1. The SMILES string of the molecule is CC(CNC1CCN(CCc2ccccc2)CC1)C1CC1. The van der Waals surface area contributed by atoms with E-state index in [2.05, 4.69) is 47.5 Å². The highest BCUT2D eigenvalue weighted by atomic mass is 15.1. The summed E-state index contributed by atoms with van der Waals surface area (Å²) in [4.78, 5) is 2.63. The third kappa shape index (κ3) is 4.82. The highest BCUT2D eigenvalue weighted by Crippen LogP contribution is 2.36. The topological polar surface area (TPSA) is 15.3 Å². The van der Waals surface area contributed by atoms with Crippen LogP contribution in [0.25, 0.3) is 0 Å². The molecule has 2 heteroatoms. The van der Waals surface area contributed by atoms with Crippen LogP contribution < -0.4 is 5.32 Å². The summed E-state index contributed by atoms with van der Waals surface area (Å²) in [6.07, 6.45) is 6.79. The quantitative estimate of drug-likeness (QED) is 0.827. The summed E-state index contributed by atoms with van der Waals surface area (Å²) in [6, 6.07) is 11.6. The molecule has 1 N–H and O–H groups in total. The molecule has 1 atom stereocenters. The highest BCUT2D eigenvalue weighted by Gasteiger charge is 2.28. The number of hydrogen-bond acceptors (Lipinski definition) is 2. The van der Waals surface area contributed by atoms with Gasteiger partial charge in [0, 0.05) is 12.6 Å². The smallest absolute Gasteiger partial charge is 0.00915 e. The van der Waals surface area contributed by atoms with Crippen molar-refractivity contribution in [2.75, 3.05) is 26.2 Å². The Morgan fingerprint density at radius 1 is 1.10 bits per heavy atom. The predicted octanol–water partition coefficient (Wildman–Crippen LogP) is 3.33. The molecule has 116 valence electrons. The number of nitrogens with one attached hydrogen (secondary N) is 1. The van der Waals surface area contributed by atoms with Crippen LogP contribution in [0.2, 0.25) is 0 Å². The van der Waals surface area contributed by atoms with Crippen molar-refractivity contribution in [1.82, 2.24) is 10.2 Å². The van der Waals surface area contributed by atoms with Crippen molar-refractivity contribution < 1.29 is 0 Å². The summed E-state index contributed by atoms with van der Waals surface area (Å²) >= 11 is 0. The minimum Gasteiger partial charge on any atom is -0.314 e. The molecule has 1 aromatic carbocycles. The van der Waals surface area contributed by atoms with Crippen LogP contribution in [0.1, 0.15) is 38.2 Å². The van der Waals surface area contributed by atoms with Gasteiger partial charge in [0.25, 0.3) is 0 Å². The molecule has 0 amide bonds. The van der Waals surface area contributed by atoms with Crippen molar-refractivity contribution >= 4 is 0 Å². The van der Waals surface area contributed by atoms with Crippen LogP contribution in [0.15, 0.2) is 30.3 Å². The second-order valence-corrected chi connectivity index (χ2v) is 7.07. The molecular weight excluding hydrogens is 256 g/mol. The minimum absolute atomic E-state index is 0.763. The molecule has 21 heavy (non-hydrogen) atoms. The van der Waals surface area contributed by atoms with Crippen molar-refractivity contribution in [3.8, 4) is 0 Å². The third-order valence-corrected chi connectivity index (χ3v) is 5.30. The first-order valence-electron chi connectivity index (χ1n) is 8.81. The Kier molecular flexibility index (Phi) is 5.32. The summed E-state index contributed by atoms with van der Waals surface area (Å²) in [5.41, 5.74) is 1.47. The Balaban J connectivity index is 1.31. The molecule has 0 aromatic heterocycles.